The highest BCUT2D eigenvalue weighted by Crippen LogP contribution is 2.17. The lowest BCUT2D eigenvalue weighted by molar-refractivity contribution is 0.0981. The second-order valence-corrected chi connectivity index (χ2v) is 6.80. The standard InChI is InChI=1S/C14H13N5O4S/c1-18-11-4-3-10(7-12(11)19(2)14(18)21)24(22,23)17-13(20)9-5-6-15-16-8-9/h3-8H,1-2H3,(H,17,20). The molecule has 0 aliphatic carbocycles. The second-order valence-electron chi connectivity index (χ2n) is 5.12. The summed E-state index contributed by atoms with van der Waals surface area (Å²) in [6.45, 7) is 0. The van der Waals surface area contributed by atoms with Gasteiger partial charge in [-0.3, -0.25) is 13.9 Å². The second kappa shape index (κ2) is 5.57. The Morgan fingerprint density at radius 1 is 1.08 bits per heavy atom. The quantitative estimate of drug-likeness (QED) is 0.700. The number of benzene rings is 1. The number of carbonyl (C=O) groups excluding carboxylic acids is 1. The van der Waals surface area contributed by atoms with Crippen LogP contribution in [0.15, 0.2) is 46.3 Å². The minimum atomic E-state index is -4.09. The molecule has 0 saturated carbocycles. The molecular weight excluding hydrogens is 334 g/mol. The molecule has 3 aromatic rings. The molecule has 1 amide bonds. The van der Waals surface area contributed by atoms with Crippen LogP contribution in [0.25, 0.3) is 11.0 Å². The summed E-state index contributed by atoms with van der Waals surface area (Å²) >= 11 is 0. The van der Waals surface area contributed by atoms with Gasteiger partial charge in [-0.2, -0.15) is 10.2 Å². The van der Waals surface area contributed by atoms with Gasteiger partial charge in [0.05, 0.1) is 33.9 Å². The molecule has 9 nitrogen and oxygen atoms in total. The van der Waals surface area contributed by atoms with E-state index in [1.54, 1.807) is 14.1 Å². The zero-order valence-electron chi connectivity index (χ0n) is 12.8. The summed E-state index contributed by atoms with van der Waals surface area (Å²) in [6.07, 6.45) is 2.45. The van der Waals surface area contributed by atoms with Crippen molar-refractivity contribution in [1.82, 2.24) is 24.1 Å². The van der Waals surface area contributed by atoms with Gasteiger partial charge in [0.15, 0.2) is 0 Å². The van der Waals surface area contributed by atoms with E-state index in [2.05, 4.69) is 10.2 Å². The summed E-state index contributed by atoms with van der Waals surface area (Å²) in [5, 5.41) is 7.05. The largest absolute Gasteiger partial charge is 0.328 e. The highest BCUT2D eigenvalue weighted by molar-refractivity contribution is 7.90. The topological polar surface area (TPSA) is 116 Å². The smallest absolute Gasteiger partial charge is 0.295 e. The Morgan fingerprint density at radius 2 is 1.79 bits per heavy atom. The minimum Gasteiger partial charge on any atom is -0.295 e. The number of nitrogens with zero attached hydrogens (tertiary/aromatic N) is 4. The lowest BCUT2D eigenvalue weighted by Gasteiger charge is -2.07. The SMILES string of the molecule is Cn1c(=O)n(C)c2cc(S(=O)(=O)NC(=O)c3ccnnc3)ccc21. The number of aryl methyl sites for hydroxylation is 2. The number of carbonyl (C=O) groups is 1. The van der Waals surface area contributed by atoms with Crippen LogP contribution in [-0.2, 0) is 24.1 Å². The molecule has 0 bridgehead atoms. The van der Waals surface area contributed by atoms with Crippen LogP contribution in [-0.4, -0.2) is 33.7 Å². The van der Waals surface area contributed by atoms with E-state index in [0.717, 1.165) is 6.20 Å². The number of imidazole rings is 1. The van der Waals surface area contributed by atoms with Crippen molar-refractivity contribution in [3.05, 3.63) is 52.7 Å². The van der Waals surface area contributed by atoms with Gasteiger partial charge in [0.25, 0.3) is 15.9 Å². The molecule has 0 saturated heterocycles. The maximum absolute atomic E-state index is 12.4. The van der Waals surface area contributed by atoms with Gasteiger partial charge in [-0.25, -0.2) is 17.9 Å². The first-order valence-electron chi connectivity index (χ1n) is 6.80. The van der Waals surface area contributed by atoms with Gasteiger partial charge in [0.2, 0.25) is 0 Å². The van der Waals surface area contributed by atoms with Crippen LogP contribution in [0.5, 0.6) is 0 Å². The van der Waals surface area contributed by atoms with Gasteiger partial charge >= 0.3 is 5.69 Å². The number of hydrogen-bond donors (Lipinski definition) is 1. The van der Waals surface area contributed by atoms with Crippen molar-refractivity contribution in [3.63, 3.8) is 0 Å². The van der Waals surface area contributed by atoms with Crippen molar-refractivity contribution >= 4 is 27.0 Å². The molecule has 0 unspecified atom stereocenters. The zero-order chi connectivity index (χ0) is 17.5. The van der Waals surface area contributed by atoms with Crippen molar-refractivity contribution in [2.24, 2.45) is 14.1 Å². The molecule has 10 heteroatoms. The Hall–Kier alpha value is -3.01. The predicted octanol–water partition coefficient (Wildman–Crippen LogP) is -0.214. The molecular formula is C14H13N5O4S. The average molecular weight is 347 g/mol. The Morgan fingerprint density at radius 3 is 2.46 bits per heavy atom. The van der Waals surface area contributed by atoms with Gasteiger partial charge in [0.1, 0.15) is 0 Å². The highest BCUT2D eigenvalue weighted by atomic mass is 32.2. The van der Waals surface area contributed by atoms with Crippen LogP contribution < -0.4 is 10.4 Å². The summed E-state index contributed by atoms with van der Waals surface area (Å²) < 4.78 is 29.5. The normalized spacial score (nSPS) is 11.6. The van der Waals surface area contributed by atoms with E-state index in [1.165, 1.54) is 39.6 Å². The molecule has 0 radical (unpaired) electrons. The molecule has 2 aromatic heterocycles. The predicted molar refractivity (Wildman–Crippen MR) is 84.8 cm³/mol. The number of aromatic nitrogens is 4. The molecule has 2 heterocycles. The first-order chi connectivity index (χ1) is 11.3. The average Bonchev–Trinajstić information content (AvgIpc) is 2.79. The maximum atomic E-state index is 12.4. The summed E-state index contributed by atoms with van der Waals surface area (Å²) in [4.78, 5) is 23.8. The zero-order valence-corrected chi connectivity index (χ0v) is 13.6. The lowest BCUT2D eigenvalue weighted by atomic mass is 10.3. The van der Waals surface area contributed by atoms with Crippen LogP contribution in [0.4, 0.5) is 0 Å². The van der Waals surface area contributed by atoms with Gasteiger partial charge in [-0.1, -0.05) is 0 Å². The fourth-order valence-electron chi connectivity index (χ4n) is 2.32. The van der Waals surface area contributed by atoms with Crippen molar-refractivity contribution in [1.29, 1.82) is 0 Å². The van der Waals surface area contributed by atoms with Gasteiger partial charge in [-0.05, 0) is 24.3 Å². The minimum absolute atomic E-state index is 0.0711. The molecule has 1 N–H and O–H groups in total. The fraction of sp³-hybridized carbons (Fsp3) is 0.143. The lowest BCUT2D eigenvalue weighted by Crippen LogP contribution is -2.30. The number of fused-ring (bicyclic) bond motifs is 1. The van der Waals surface area contributed by atoms with E-state index in [0.29, 0.717) is 11.0 Å². The molecule has 3 rings (SSSR count). The molecule has 0 atom stereocenters. The number of rotatable bonds is 3. The first kappa shape index (κ1) is 15.9. The van der Waals surface area contributed by atoms with Crippen LogP contribution in [0.1, 0.15) is 10.4 Å². The van der Waals surface area contributed by atoms with Crippen LogP contribution >= 0.6 is 0 Å². The van der Waals surface area contributed by atoms with Gasteiger partial charge < -0.3 is 0 Å². The van der Waals surface area contributed by atoms with Crippen molar-refractivity contribution in [2.45, 2.75) is 4.90 Å². The Bertz CT molecular complexity index is 1100. The van der Waals surface area contributed by atoms with Gasteiger partial charge in [-0.15, -0.1) is 0 Å². The Labute approximate surface area is 136 Å². The number of nitrogens with one attached hydrogen (secondary N) is 1. The molecule has 24 heavy (non-hydrogen) atoms. The van der Waals surface area contributed by atoms with Crippen molar-refractivity contribution in [3.8, 4) is 0 Å². The third kappa shape index (κ3) is 2.56. The van der Waals surface area contributed by atoms with E-state index in [-0.39, 0.29) is 16.1 Å². The molecule has 0 spiro atoms. The number of sulfonamides is 1. The monoisotopic (exact) mass is 347 g/mol. The third-order valence-corrected chi connectivity index (χ3v) is 4.96. The highest BCUT2D eigenvalue weighted by Gasteiger charge is 2.20. The third-order valence-electron chi connectivity index (χ3n) is 3.63. The molecule has 1 aromatic carbocycles. The van der Waals surface area contributed by atoms with E-state index >= 15 is 0 Å². The summed E-state index contributed by atoms with van der Waals surface area (Å²) in [6, 6.07) is 5.55. The number of amides is 1. The fourth-order valence-corrected chi connectivity index (χ4v) is 3.31. The summed E-state index contributed by atoms with van der Waals surface area (Å²) in [5.41, 5.74) is 0.836. The Kier molecular flexibility index (Phi) is 3.68. The molecule has 0 aliphatic rings. The van der Waals surface area contributed by atoms with Crippen molar-refractivity contribution in [2.75, 3.05) is 0 Å². The van der Waals surface area contributed by atoms with Gasteiger partial charge in [0, 0.05) is 14.1 Å². The summed E-state index contributed by atoms with van der Waals surface area (Å²) in [7, 11) is -0.954. The first-order valence-corrected chi connectivity index (χ1v) is 8.29. The molecule has 0 fully saturated rings. The van der Waals surface area contributed by atoms with E-state index < -0.39 is 15.9 Å². The summed E-state index contributed by atoms with van der Waals surface area (Å²) in [5.74, 6) is -0.813. The van der Waals surface area contributed by atoms with E-state index in [9.17, 15) is 18.0 Å². The van der Waals surface area contributed by atoms with Crippen molar-refractivity contribution < 1.29 is 13.2 Å². The molecule has 0 aliphatic heterocycles. The molecule has 124 valence electrons. The van der Waals surface area contributed by atoms with E-state index in [1.807, 2.05) is 4.72 Å². The van der Waals surface area contributed by atoms with Crippen LogP contribution in [0.3, 0.4) is 0 Å². The van der Waals surface area contributed by atoms with Crippen LogP contribution in [0, 0.1) is 0 Å². The number of hydrogen-bond acceptors (Lipinski definition) is 6. The Balaban J connectivity index is 2.01. The van der Waals surface area contributed by atoms with E-state index in [4.69, 9.17) is 0 Å². The maximum Gasteiger partial charge on any atom is 0.328 e. The van der Waals surface area contributed by atoms with Crippen LogP contribution in [0.2, 0.25) is 0 Å².